The molecule has 3 N–H and O–H groups in total. The number of aliphatic carboxylic acids is 1. The molecule has 0 unspecified atom stereocenters. The van der Waals surface area contributed by atoms with Crippen LogP contribution in [0.4, 0.5) is 4.39 Å². The van der Waals surface area contributed by atoms with Crippen LogP contribution in [0, 0.1) is 11.7 Å². The van der Waals surface area contributed by atoms with E-state index in [0.717, 1.165) is 6.07 Å². The van der Waals surface area contributed by atoms with Crippen LogP contribution in [0.25, 0.3) is 11.0 Å². The van der Waals surface area contributed by atoms with Crippen molar-refractivity contribution in [1.29, 1.82) is 0 Å². The number of amides is 1. The van der Waals surface area contributed by atoms with Gasteiger partial charge in [-0.05, 0) is 24.5 Å². The Balaban J connectivity index is 0.00000242. The van der Waals surface area contributed by atoms with Gasteiger partial charge in [0.05, 0.1) is 17.4 Å². The van der Waals surface area contributed by atoms with Gasteiger partial charge in [-0.15, -0.1) is 12.4 Å². The number of halogens is 2. The van der Waals surface area contributed by atoms with Crippen molar-refractivity contribution in [3.05, 3.63) is 29.8 Å². The van der Waals surface area contributed by atoms with E-state index >= 15 is 0 Å². The standard InChI is InChI=1S/C14H16FN3O3.ClH/c1-7(2)3-11(14(20)21)18-13(19)9-4-8(15)5-10-12(9)17-6-16-10;/h4-7,11H,3H2,1-2H3,(H,16,17)(H,18,19)(H,20,21);1H/t11-;/m1./s1. The minimum Gasteiger partial charge on any atom is -0.480 e. The van der Waals surface area contributed by atoms with Crippen LogP contribution in [0.1, 0.15) is 30.6 Å². The number of benzene rings is 1. The number of aromatic nitrogens is 2. The molecule has 0 spiro atoms. The van der Waals surface area contributed by atoms with Gasteiger partial charge in [-0.2, -0.15) is 0 Å². The first-order chi connectivity index (χ1) is 9.88. The Bertz CT molecular complexity index is 687. The van der Waals surface area contributed by atoms with E-state index in [4.69, 9.17) is 5.11 Å². The van der Waals surface area contributed by atoms with Crippen molar-refractivity contribution in [3.8, 4) is 0 Å². The topological polar surface area (TPSA) is 95.1 Å². The number of rotatable bonds is 5. The number of carboxylic acids is 1. The lowest BCUT2D eigenvalue weighted by atomic mass is 10.0. The largest absolute Gasteiger partial charge is 0.480 e. The van der Waals surface area contributed by atoms with Gasteiger partial charge < -0.3 is 15.4 Å². The number of carboxylic acid groups (broad SMARTS) is 1. The van der Waals surface area contributed by atoms with Crippen molar-refractivity contribution in [2.75, 3.05) is 0 Å². The summed E-state index contributed by atoms with van der Waals surface area (Å²) in [5, 5.41) is 11.5. The molecule has 22 heavy (non-hydrogen) atoms. The van der Waals surface area contributed by atoms with Gasteiger partial charge in [-0.3, -0.25) is 4.79 Å². The highest BCUT2D eigenvalue weighted by Crippen LogP contribution is 2.17. The molecule has 8 heteroatoms. The van der Waals surface area contributed by atoms with E-state index in [0.29, 0.717) is 17.5 Å². The van der Waals surface area contributed by atoms with E-state index < -0.39 is 23.7 Å². The average Bonchev–Trinajstić information content (AvgIpc) is 2.83. The Hall–Kier alpha value is -2.15. The molecule has 1 aromatic heterocycles. The first-order valence-corrected chi connectivity index (χ1v) is 6.54. The molecule has 2 aromatic rings. The molecule has 0 aliphatic rings. The fourth-order valence-corrected chi connectivity index (χ4v) is 2.12. The van der Waals surface area contributed by atoms with Crippen LogP contribution in [-0.4, -0.2) is 33.0 Å². The molecule has 0 bridgehead atoms. The highest BCUT2D eigenvalue weighted by atomic mass is 35.5. The third-order valence-corrected chi connectivity index (χ3v) is 3.04. The molecule has 0 fully saturated rings. The lowest BCUT2D eigenvalue weighted by molar-refractivity contribution is -0.139. The second-order valence-corrected chi connectivity index (χ2v) is 5.25. The van der Waals surface area contributed by atoms with Crippen LogP contribution in [0.5, 0.6) is 0 Å². The summed E-state index contributed by atoms with van der Waals surface area (Å²) in [6.07, 6.45) is 1.64. The molecule has 6 nitrogen and oxygen atoms in total. The molecule has 0 aliphatic carbocycles. The molecule has 120 valence electrons. The normalized spacial score (nSPS) is 12.0. The zero-order chi connectivity index (χ0) is 15.6. The number of carbonyl (C=O) groups is 2. The Labute approximate surface area is 132 Å². The quantitative estimate of drug-likeness (QED) is 0.784. The Morgan fingerprint density at radius 1 is 1.41 bits per heavy atom. The maximum absolute atomic E-state index is 13.5. The van der Waals surface area contributed by atoms with Crippen molar-refractivity contribution >= 4 is 35.3 Å². The van der Waals surface area contributed by atoms with Gasteiger partial charge >= 0.3 is 5.97 Å². The maximum Gasteiger partial charge on any atom is 0.326 e. The lowest BCUT2D eigenvalue weighted by Crippen LogP contribution is -2.41. The lowest BCUT2D eigenvalue weighted by Gasteiger charge is -2.16. The maximum atomic E-state index is 13.5. The van der Waals surface area contributed by atoms with E-state index in [2.05, 4.69) is 15.3 Å². The fraction of sp³-hybridized carbons (Fsp3) is 0.357. The molecule has 1 atom stereocenters. The third kappa shape index (κ3) is 3.94. The fourth-order valence-electron chi connectivity index (χ4n) is 2.12. The first kappa shape index (κ1) is 17.9. The summed E-state index contributed by atoms with van der Waals surface area (Å²) >= 11 is 0. The zero-order valence-electron chi connectivity index (χ0n) is 12.1. The third-order valence-electron chi connectivity index (χ3n) is 3.04. The van der Waals surface area contributed by atoms with E-state index in [-0.39, 0.29) is 23.9 Å². The van der Waals surface area contributed by atoms with Crippen molar-refractivity contribution in [2.24, 2.45) is 5.92 Å². The van der Waals surface area contributed by atoms with Crippen molar-refractivity contribution in [2.45, 2.75) is 26.3 Å². The summed E-state index contributed by atoms with van der Waals surface area (Å²) in [7, 11) is 0. The molecular formula is C14H17ClFN3O3. The number of hydrogen-bond donors (Lipinski definition) is 3. The van der Waals surface area contributed by atoms with Crippen molar-refractivity contribution < 1.29 is 19.1 Å². The van der Waals surface area contributed by atoms with Crippen LogP contribution in [-0.2, 0) is 4.79 Å². The smallest absolute Gasteiger partial charge is 0.326 e. The second kappa shape index (κ2) is 7.22. The number of fused-ring (bicyclic) bond motifs is 1. The van der Waals surface area contributed by atoms with Gasteiger partial charge in [-0.25, -0.2) is 14.2 Å². The molecule has 0 aliphatic heterocycles. The molecule has 1 aromatic carbocycles. The molecular weight excluding hydrogens is 313 g/mol. The highest BCUT2D eigenvalue weighted by Gasteiger charge is 2.23. The molecule has 0 saturated heterocycles. The molecule has 2 rings (SSSR count). The highest BCUT2D eigenvalue weighted by molar-refractivity contribution is 6.05. The number of imidazole rings is 1. The minimum absolute atomic E-state index is 0. The predicted octanol–water partition coefficient (Wildman–Crippen LogP) is 2.35. The Kier molecular flexibility index (Phi) is 5.87. The Morgan fingerprint density at radius 3 is 2.68 bits per heavy atom. The number of H-pyrrole nitrogens is 1. The van der Waals surface area contributed by atoms with E-state index in [9.17, 15) is 14.0 Å². The molecule has 1 amide bonds. The van der Waals surface area contributed by atoms with Crippen molar-refractivity contribution in [3.63, 3.8) is 0 Å². The first-order valence-electron chi connectivity index (χ1n) is 6.54. The SMILES string of the molecule is CC(C)C[C@@H](NC(=O)c1cc(F)cc2[nH]cnc12)C(=O)O.Cl. The monoisotopic (exact) mass is 329 g/mol. The summed E-state index contributed by atoms with van der Waals surface area (Å²) in [5.74, 6) is -2.26. The van der Waals surface area contributed by atoms with E-state index in [1.54, 1.807) is 0 Å². The summed E-state index contributed by atoms with van der Waals surface area (Å²) in [5.41, 5.74) is 0.708. The van der Waals surface area contributed by atoms with Crippen LogP contribution in [0.15, 0.2) is 18.5 Å². The summed E-state index contributed by atoms with van der Waals surface area (Å²) in [6.45, 7) is 3.71. The van der Waals surface area contributed by atoms with Gasteiger partial charge in [0.15, 0.2) is 0 Å². The van der Waals surface area contributed by atoms with Gasteiger partial charge in [0, 0.05) is 0 Å². The summed E-state index contributed by atoms with van der Waals surface area (Å²) in [4.78, 5) is 30.1. The number of nitrogens with zero attached hydrogens (tertiary/aromatic N) is 1. The van der Waals surface area contributed by atoms with Crippen LogP contribution >= 0.6 is 12.4 Å². The van der Waals surface area contributed by atoms with Crippen LogP contribution in [0.3, 0.4) is 0 Å². The van der Waals surface area contributed by atoms with Crippen LogP contribution in [0.2, 0.25) is 0 Å². The number of carbonyl (C=O) groups excluding carboxylic acids is 1. The van der Waals surface area contributed by atoms with Gasteiger partial charge in [0.2, 0.25) is 0 Å². The van der Waals surface area contributed by atoms with Gasteiger partial charge in [-0.1, -0.05) is 13.8 Å². The molecule has 0 saturated carbocycles. The summed E-state index contributed by atoms with van der Waals surface area (Å²) < 4.78 is 13.5. The Morgan fingerprint density at radius 2 is 2.09 bits per heavy atom. The zero-order valence-corrected chi connectivity index (χ0v) is 12.9. The van der Waals surface area contributed by atoms with Crippen molar-refractivity contribution in [1.82, 2.24) is 15.3 Å². The molecule has 1 heterocycles. The number of hydrogen-bond acceptors (Lipinski definition) is 3. The average molecular weight is 330 g/mol. The number of nitrogens with one attached hydrogen (secondary N) is 2. The molecule has 0 radical (unpaired) electrons. The minimum atomic E-state index is -1.12. The van der Waals surface area contributed by atoms with E-state index in [1.807, 2.05) is 13.8 Å². The second-order valence-electron chi connectivity index (χ2n) is 5.25. The summed E-state index contributed by atoms with van der Waals surface area (Å²) in [6, 6.07) is 1.25. The van der Waals surface area contributed by atoms with Crippen LogP contribution < -0.4 is 5.32 Å². The number of aromatic amines is 1. The predicted molar refractivity (Wildman–Crippen MR) is 81.6 cm³/mol. The van der Waals surface area contributed by atoms with Gasteiger partial charge in [0.25, 0.3) is 5.91 Å². The van der Waals surface area contributed by atoms with Gasteiger partial charge in [0.1, 0.15) is 17.4 Å². The van der Waals surface area contributed by atoms with E-state index in [1.165, 1.54) is 12.4 Å².